The first-order valence-electron chi connectivity index (χ1n) is 8.52. The van der Waals surface area contributed by atoms with E-state index in [-0.39, 0.29) is 30.9 Å². The molecule has 24 heavy (non-hydrogen) atoms. The van der Waals surface area contributed by atoms with E-state index in [0.29, 0.717) is 18.7 Å². The molecule has 0 bridgehead atoms. The average molecular weight is 333 g/mol. The Labute approximate surface area is 143 Å². The standard InChI is InChI=1S/C19H27NO4/c1-13(2)19(18(22)23)9-10-20(12-19)17(21)11-15-7-5-6-8-16(15)24-14(3)4/h5-8,13-14H,9-12H2,1-4H3,(H,22,23). The van der Waals surface area contributed by atoms with Gasteiger partial charge in [0.1, 0.15) is 5.75 Å². The maximum atomic E-state index is 12.7. The minimum atomic E-state index is -0.830. The number of carboxylic acids is 1. The highest BCUT2D eigenvalue weighted by Crippen LogP contribution is 2.38. The zero-order valence-electron chi connectivity index (χ0n) is 14.9. The van der Waals surface area contributed by atoms with E-state index in [0.717, 1.165) is 5.56 Å². The molecule has 1 heterocycles. The van der Waals surface area contributed by atoms with Gasteiger partial charge in [0, 0.05) is 18.7 Å². The number of nitrogens with zero attached hydrogens (tertiary/aromatic N) is 1. The Morgan fingerprint density at radius 3 is 2.46 bits per heavy atom. The molecule has 1 aliphatic heterocycles. The van der Waals surface area contributed by atoms with Crippen molar-refractivity contribution in [2.45, 2.75) is 46.6 Å². The predicted molar refractivity (Wildman–Crippen MR) is 92.0 cm³/mol. The van der Waals surface area contributed by atoms with E-state index >= 15 is 0 Å². The van der Waals surface area contributed by atoms with Crippen molar-refractivity contribution >= 4 is 11.9 Å². The summed E-state index contributed by atoms with van der Waals surface area (Å²) in [5, 5.41) is 9.61. The molecule has 1 aromatic carbocycles. The first-order chi connectivity index (χ1) is 11.3. The number of carbonyl (C=O) groups is 2. The predicted octanol–water partition coefficient (Wildman–Crippen LogP) is 2.98. The zero-order valence-corrected chi connectivity index (χ0v) is 14.9. The van der Waals surface area contributed by atoms with Gasteiger partial charge in [-0.2, -0.15) is 0 Å². The number of ether oxygens (including phenoxy) is 1. The molecular weight excluding hydrogens is 306 g/mol. The quantitative estimate of drug-likeness (QED) is 0.869. The van der Waals surface area contributed by atoms with Crippen LogP contribution in [0.25, 0.3) is 0 Å². The number of rotatable bonds is 6. The first-order valence-corrected chi connectivity index (χ1v) is 8.52. The molecular formula is C19H27NO4. The van der Waals surface area contributed by atoms with E-state index in [9.17, 15) is 14.7 Å². The molecule has 1 unspecified atom stereocenters. The maximum Gasteiger partial charge on any atom is 0.311 e. The minimum absolute atomic E-state index is 0.00985. The van der Waals surface area contributed by atoms with Crippen molar-refractivity contribution in [3.05, 3.63) is 29.8 Å². The molecule has 0 saturated carbocycles. The number of likely N-dealkylation sites (tertiary alicyclic amines) is 1. The van der Waals surface area contributed by atoms with E-state index in [2.05, 4.69) is 0 Å². The number of para-hydroxylation sites is 1. The van der Waals surface area contributed by atoms with Gasteiger partial charge in [0.2, 0.25) is 5.91 Å². The molecule has 1 saturated heterocycles. The Morgan fingerprint density at radius 2 is 1.92 bits per heavy atom. The van der Waals surface area contributed by atoms with Crippen molar-refractivity contribution in [1.29, 1.82) is 0 Å². The van der Waals surface area contributed by atoms with Gasteiger partial charge >= 0.3 is 5.97 Å². The second kappa shape index (κ2) is 7.24. The molecule has 0 radical (unpaired) electrons. The maximum absolute atomic E-state index is 12.7. The van der Waals surface area contributed by atoms with E-state index < -0.39 is 11.4 Å². The van der Waals surface area contributed by atoms with Crippen LogP contribution in [0.1, 0.15) is 39.7 Å². The highest BCUT2D eigenvalue weighted by molar-refractivity contribution is 5.82. The third kappa shape index (κ3) is 3.71. The lowest BCUT2D eigenvalue weighted by molar-refractivity contribution is -0.151. The molecule has 0 spiro atoms. The van der Waals surface area contributed by atoms with Gasteiger partial charge in [0.05, 0.1) is 17.9 Å². The number of aliphatic carboxylic acids is 1. The van der Waals surface area contributed by atoms with Crippen LogP contribution in [-0.4, -0.2) is 41.1 Å². The van der Waals surface area contributed by atoms with Gasteiger partial charge in [-0.25, -0.2) is 0 Å². The zero-order chi connectivity index (χ0) is 17.9. The molecule has 5 nitrogen and oxygen atoms in total. The van der Waals surface area contributed by atoms with Crippen LogP contribution in [0.5, 0.6) is 5.75 Å². The van der Waals surface area contributed by atoms with E-state index in [1.807, 2.05) is 52.0 Å². The van der Waals surface area contributed by atoms with Crippen LogP contribution in [0.4, 0.5) is 0 Å². The van der Waals surface area contributed by atoms with Crippen LogP contribution in [0.3, 0.4) is 0 Å². The molecule has 1 aromatic rings. The highest BCUT2D eigenvalue weighted by atomic mass is 16.5. The molecule has 1 fully saturated rings. The largest absolute Gasteiger partial charge is 0.491 e. The summed E-state index contributed by atoms with van der Waals surface area (Å²) in [6.45, 7) is 8.50. The van der Waals surface area contributed by atoms with Crippen molar-refractivity contribution in [1.82, 2.24) is 4.90 Å². The summed E-state index contributed by atoms with van der Waals surface area (Å²) in [4.78, 5) is 26.1. The monoisotopic (exact) mass is 333 g/mol. The number of hydrogen-bond donors (Lipinski definition) is 1. The fraction of sp³-hybridized carbons (Fsp3) is 0.579. The number of carboxylic acid groups (broad SMARTS) is 1. The summed E-state index contributed by atoms with van der Waals surface area (Å²) in [5.74, 6) is -0.146. The molecule has 1 atom stereocenters. The SMILES string of the molecule is CC(C)Oc1ccccc1CC(=O)N1CCC(C(=O)O)(C(C)C)C1. The van der Waals surface area contributed by atoms with Crippen molar-refractivity contribution in [2.24, 2.45) is 11.3 Å². The number of amides is 1. The van der Waals surface area contributed by atoms with E-state index in [1.54, 1.807) is 4.90 Å². The van der Waals surface area contributed by atoms with Crippen LogP contribution in [0.2, 0.25) is 0 Å². The normalized spacial score (nSPS) is 20.7. The molecule has 5 heteroatoms. The van der Waals surface area contributed by atoms with Crippen molar-refractivity contribution < 1.29 is 19.4 Å². The van der Waals surface area contributed by atoms with Crippen LogP contribution in [-0.2, 0) is 16.0 Å². The molecule has 1 aliphatic rings. The number of benzene rings is 1. The molecule has 2 rings (SSSR count). The number of hydrogen-bond acceptors (Lipinski definition) is 3. The van der Waals surface area contributed by atoms with Crippen molar-refractivity contribution in [2.75, 3.05) is 13.1 Å². The average Bonchev–Trinajstić information content (AvgIpc) is 2.95. The van der Waals surface area contributed by atoms with Gasteiger partial charge < -0.3 is 14.7 Å². The van der Waals surface area contributed by atoms with Crippen LogP contribution in [0.15, 0.2) is 24.3 Å². The summed E-state index contributed by atoms with van der Waals surface area (Å²) in [6.07, 6.45) is 0.778. The molecule has 1 N–H and O–H groups in total. The van der Waals surface area contributed by atoms with Gasteiger partial charge in [-0.3, -0.25) is 9.59 Å². The lowest BCUT2D eigenvalue weighted by Gasteiger charge is -2.28. The summed E-state index contributed by atoms with van der Waals surface area (Å²) < 4.78 is 5.76. The summed E-state index contributed by atoms with van der Waals surface area (Å²) >= 11 is 0. The Morgan fingerprint density at radius 1 is 1.25 bits per heavy atom. The minimum Gasteiger partial charge on any atom is -0.491 e. The lowest BCUT2D eigenvalue weighted by Crippen LogP contribution is -2.41. The molecule has 0 aromatic heterocycles. The van der Waals surface area contributed by atoms with Gasteiger partial charge in [-0.15, -0.1) is 0 Å². The van der Waals surface area contributed by atoms with Gasteiger partial charge in [0.25, 0.3) is 0 Å². The van der Waals surface area contributed by atoms with Crippen molar-refractivity contribution in [3.8, 4) is 5.75 Å². The first kappa shape index (κ1) is 18.3. The third-order valence-corrected chi connectivity index (χ3v) is 4.86. The lowest BCUT2D eigenvalue weighted by atomic mass is 9.76. The molecule has 132 valence electrons. The summed E-state index contributed by atoms with van der Waals surface area (Å²) in [7, 11) is 0. The Balaban J connectivity index is 2.11. The third-order valence-electron chi connectivity index (χ3n) is 4.86. The number of carbonyl (C=O) groups excluding carboxylic acids is 1. The summed E-state index contributed by atoms with van der Waals surface area (Å²) in [5.41, 5.74) is 0.0115. The second-order valence-electron chi connectivity index (χ2n) is 7.13. The fourth-order valence-corrected chi connectivity index (χ4v) is 3.23. The Hall–Kier alpha value is -2.04. The van der Waals surface area contributed by atoms with Crippen LogP contribution < -0.4 is 4.74 Å². The molecule has 0 aliphatic carbocycles. The Bertz CT molecular complexity index is 611. The van der Waals surface area contributed by atoms with Gasteiger partial charge in [-0.1, -0.05) is 32.0 Å². The fourth-order valence-electron chi connectivity index (χ4n) is 3.23. The van der Waals surface area contributed by atoms with Crippen molar-refractivity contribution in [3.63, 3.8) is 0 Å². The Kier molecular flexibility index (Phi) is 5.52. The molecule has 1 amide bonds. The van der Waals surface area contributed by atoms with Crippen LogP contribution >= 0.6 is 0 Å². The van der Waals surface area contributed by atoms with Gasteiger partial charge in [0.15, 0.2) is 0 Å². The van der Waals surface area contributed by atoms with Gasteiger partial charge in [-0.05, 0) is 32.3 Å². The topological polar surface area (TPSA) is 66.8 Å². The van der Waals surface area contributed by atoms with Crippen LogP contribution in [0, 0.1) is 11.3 Å². The van der Waals surface area contributed by atoms with E-state index in [1.165, 1.54) is 0 Å². The second-order valence-corrected chi connectivity index (χ2v) is 7.13. The van der Waals surface area contributed by atoms with E-state index in [4.69, 9.17) is 4.74 Å². The highest BCUT2D eigenvalue weighted by Gasteiger charge is 2.48. The smallest absolute Gasteiger partial charge is 0.311 e. The summed E-state index contributed by atoms with van der Waals surface area (Å²) in [6, 6.07) is 7.52.